The predicted molar refractivity (Wildman–Crippen MR) is 91.1 cm³/mol. The van der Waals surface area contributed by atoms with Gasteiger partial charge < -0.3 is 16.0 Å². The standard InChI is InChI=1S/C18H19N3O3/c1-2-21(12-13-8-4-3-5-9-13)18(24)17(23)20-15-11-7-6-10-14(15)16(19)22/h3-11H,2,12H2,1H3,(H2,19,22)(H,20,23). The second kappa shape index (κ2) is 7.92. The summed E-state index contributed by atoms with van der Waals surface area (Å²) < 4.78 is 0. The van der Waals surface area contributed by atoms with Crippen molar-refractivity contribution in [2.75, 3.05) is 11.9 Å². The minimum atomic E-state index is -0.804. The third-order valence-electron chi connectivity index (χ3n) is 3.52. The van der Waals surface area contributed by atoms with Gasteiger partial charge in [-0.3, -0.25) is 14.4 Å². The number of amides is 3. The van der Waals surface area contributed by atoms with E-state index in [2.05, 4.69) is 5.32 Å². The maximum absolute atomic E-state index is 12.4. The van der Waals surface area contributed by atoms with Gasteiger partial charge in [0.25, 0.3) is 5.91 Å². The molecule has 6 heteroatoms. The van der Waals surface area contributed by atoms with Crippen molar-refractivity contribution < 1.29 is 14.4 Å². The molecule has 0 aliphatic rings. The fraction of sp³-hybridized carbons (Fsp3) is 0.167. The molecule has 0 bridgehead atoms. The number of hydrogen-bond acceptors (Lipinski definition) is 3. The number of nitrogens with zero attached hydrogens (tertiary/aromatic N) is 1. The van der Waals surface area contributed by atoms with E-state index < -0.39 is 17.7 Å². The van der Waals surface area contributed by atoms with Crippen molar-refractivity contribution >= 4 is 23.4 Å². The molecule has 0 unspecified atom stereocenters. The molecule has 2 aromatic carbocycles. The van der Waals surface area contributed by atoms with Crippen molar-refractivity contribution in [2.24, 2.45) is 5.73 Å². The van der Waals surface area contributed by atoms with Crippen LogP contribution in [0.5, 0.6) is 0 Å². The lowest BCUT2D eigenvalue weighted by Gasteiger charge is -2.20. The van der Waals surface area contributed by atoms with Gasteiger partial charge in [0.05, 0.1) is 11.3 Å². The van der Waals surface area contributed by atoms with Gasteiger partial charge in [-0.25, -0.2) is 0 Å². The second-order valence-corrected chi connectivity index (χ2v) is 5.17. The molecule has 0 saturated carbocycles. The Morgan fingerprint density at radius 3 is 2.25 bits per heavy atom. The third-order valence-corrected chi connectivity index (χ3v) is 3.52. The Hall–Kier alpha value is -3.15. The van der Waals surface area contributed by atoms with Gasteiger partial charge in [0.1, 0.15) is 0 Å². The molecule has 0 heterocycles. The molecule has 0 aromatic heterocycles. The van der Waals surface area contributed by atoms with E-state index in [1.807, 2.05) is 30.3 Å². The maximum atomic E-state index is 12.4. The van der Waals surface area contributed by atoms with Crippen molar-refractivity contribution in [3.05, 3.63) is 65.7 Å². The Morgan fingerprint density at radius 1 is 1.00 bits per heavy atom. The molecule has 3 N–H and O–H groups in total. The zero-order valence-corrected chi connectivity index (χ0v) is 13.4. The molecule has 0 fully saturated rings. The van der Waals surface area contributed by atoms with E-state index in [0.29, 0.717) is 13.1 Å². The second-order valence-electron chi connectivity index (χ2n) is 5.17. The van der Waals surface area contributed by atoms with Crippen LogP contribution in [-0.4, -0.2) is 29.2 Å². The highest BCUT2D eigenvalue weighted by Gasteiger charge is 2.22. The topological polar surface area (TPSA) is 92.5 Å². The predicted octanol–water partition coefficient (Wildman–Crippen LogP) is 1.77. The van der Waals surface area contributed by atoms with Crippen LogP contribution in [0.2, 0.25) is 0 Å². The lowest BCUT2D eigenvalue weighted by atomic mass is 10.1. The summed E-state index contributed by atoms with van der Waals surface area (Å²) in [5.41, 5.74) is 6.58. The quantitative estimate of drug-likeness (QED) is 0.821. The highest BCUT2D eigenvalue weighted by molar-refractivity contribution is 6.39. The normalized spacial score (nSPS) is 10.0. The van der Waals surface area contributed by atoms with Crippen molar-refractivity contribution in [3.8, 4) is 0 Å². The van der Waals surface area contributed by atoms with E-state index in [1.54, 1.807) is 19.1 Å². The summed E-state index contributed by atoms with van der Waals surface area (Å²) in [7, 11) is 0. The van der Waals surface area contributed by atoms with Gasteiger partial charge >= 0.3 is 11.8 Å². The summed E-state index contributed by atoms with van der Waals surface area (Å²) in [6.45, 7) is 2.52. The number of nitrogens with one attached hydrogen (secondary N) is 1. The molecule has 6 nitrogen and oxygen atoms in total. The molecule has 0 radical (unpaired) electrons. The average molecular weight is 325 g/mol. The van der Waals surface area contributed by atoms with Gasteiger partial charge in [-0.1, -0.05) is 42.5 Å². The molecule has 0 aliphatic carbocycles. The van der Waals surface area contributed by atoms with Crippen LogP contribution < -0.4 is 11.1 Å². The Labute approximate surface area is 140 Å². The molecule has 2 aromatic rings. The Bertz CT molecular complexity index is 744. The average Bonchev–Trinajstić information content (AvgIpc) is 2.60. The summed E-state index contributed by atoms with van der Waals surface area (Å²) in [5, 5.41) is 2.46. The first-order valence-electron chi connectivity index (χ1n) is 7.56. The Balaban J connectivity index is 2.11. The van der Waals surface area contributed by atoms with Crippen LogP contribution in [-0.2, 0) is 16.1 Å². The molecule has 0 atom stereocenters. The van der Waals surface area contributed by atoms with Gasteiger partial charge in [-0.15, -0.1) is 0 Å². The van der Waals surface area contributed by atoms with Crippen LogP contribution in [0.15, 0.2) is 54.6 Å². The number of primary amides is 1. The fourth-order valence-corrected chi connectivity index (χ4v) is 2.26. The van der Waals surface area contributed by atoms with Gasteiger partial charge in [-0.05, 0) is 24.6 Å². The van der Waals surface area contributed by atoms with Gasteiger partial charge in [0.15, 0.2) is 0 Å². The van der Waals surface area contributed by atoms with Gasteiger partial charge in [0.2, 0.25) is 0 Å². The molecule has 24 heavy (non-hydrogen) atoms. The molecule has 124 valence electrons. The number of para-hydroxylation sites is 1. The summed E-state index contributed by atoms with van der Waals surface area (Å²) in [6.07, 6.45) is 0. The zero-order valence-electron chi connectivity index (χ0n) is 13.4. The number of rotatable bonds is 5. The number of anilines is 1. The number of hydrogen-bond donors (Lipinski definition) is 2. The summed E-state index contributed by atoms with van der Waals surface area (Å²) in [6, 6.07) is 15.7. The number of nitrogens with two attached hydrogens (primary N) is 1. The summed E-state index contributed by atoms with van der Waals surface area (Å²) in [4.78, 5) is 37.4. The highest BCUT2D eigenvalue weighted by Crippen LogP contribution is 2.14. The molecular formula is C18H19N3O3. The molecule has 0 saturated heterocycles. The maximum Gasteiger partial charge on any atom is 0.313 e. The highest BCUT2D eigenvalue weighted by atomic mass is 16.2. The van der Waals surface area contributed by atoms with E-state index in [-0.39, 0.29) is 11.3 Å². The van der Waals surface area contributed by atoms with Crippen molar-refractivity contribution in [1.82, 2.24) is 4.90 Å². The van der Waals surface area contributed by atoms with Crippen molar-refractivity contribution in [2.45, 2.75) is 13.5 Å². The summed E-state index contributed by atoms with van der Waals surface area (Å²) >= 11 is 0. The first-order chi connectivity index (χ1) is 11.5. The van der Waals surface area contributed by atoms with Crippen LogP contribution in [0.1, 0.15) is 22.8 Å². The van der Waals surface area contributed by atoms with Crippen LogP contribution in [0, 0.1) is 0 Å². The van der Waals surface area contributed by atoms with E-state index in [9.17, 15) is 14.4 Å². The van der Waals surface area contributed by atoms with Gasteiger partial charge in [0, 0.05) is 13.1 Å². The van der Waals surface area contributed by atoms with Crippen LogP contribution in [0.25, 0.3) is 0 Å². The summed E-state index contributed by atoms with van der Waals surface area (Å²) in [5.74, 6) is -2.14. The molecule has 0 aliphatic heterocycles. The first-order valence-corrected chi connectivity index (χ1v) is 7.56. The Morgan fingerprint density at radius 2 is 1.62 bits per heavy atom. The van der Waals surface area contributed by atoms with Gasteiger partial charge in [-0.2, -0.15) is 0 Å². The smallest absolute Gasteiger partial charge is 0.313 e. The molecule has 2 rings (SSSR count). The van der Waals surface area contributed by atoms with Crippen molar-refractivity contribution in [3.63, 3.8) is 0 Å². The van der Waals surface area contributed by atoms with Crippen LogP contribution in [0.4, 0.5) is 5.69 Å². The molecule has 3 amide bonds. The monoisotopic (exact) mass is 325 g/mol. The first kappa shape index (κ1) is 17.2. The minimum absolute atomic E-state index is 0.157. The van der Waals surface area contributed by atoms with E-state index in [4.69, 9.17) is 5.73 Å². The third kappa shape index (κ3) is 4.19. The lowest BCUT2D eigenvalue weighted by molar-refractivity contribution is -0.143. The van der Waals surface area contributed by atoms with Crippen molar-refractivity contribution in [1.29, 1.82) is 0 Å². The number of carbonyl (C=O) groups excluding carboxylic acids is 3. The van der Waals surface area contributed by atoms with E-state index >= 15 is 0 Å². The Kier molecular flexibility index (Phi) is 5.68. The van der Waals surface area contributed by atoms with E-state index in [0.717, 1.165) is 5.56 Å². The molecular weight excluding hydrogens is 306 g/mol. The largest absolute Gasteiger partial charge is 0.366 e. The fourth-order valence-electron chi connectivity index (χ4n) is 2.26. The number of carbonyl (C=O) groups is 3. The van der Waals surface area contributed by atoms with Crippen LogP contribution in [0.3, 0.4) is 0 Å². The van der Waals surface area contributed by atoms with E-state index in [1.165, 1.54) is 17.0 Å². The molecule has 0 spiro atoms. The lowest BCUT2D eigenvalue weighted by Crippen LogP contribution is -2.39. The number of likely N-dealkylation sites (N-methyl/N-ethyl adjacent to an activating group) is 1. The SMILES string of the molecule is CCN(Cc1ccccc1)C(=O)C(=O)Nc1ccccc1C(N)=O. The number of benzene rings is 2. The zero-order chi connectivity index (χ0) is 17.5. The van der Waals surface area contributed by atoms with Crippen LogP contribution >= 0.6 is 0 Å². The minimum Gasteiger partial charge on any atom is -0.366 e.